The number of carbonyl (C=O) groups is 1. The highest BCUT2D eigenvalue weighted by Gasteiger charge is 2.32. The molecular formula is C14H18ClNO3S. The fraction of sp³-hybridized carbons (Fsp3) is 0.500. The fourth-order valence-corrected chi connectivity index (χ4v) is 3.46. The van der Waals surface area contributed by atoms with Crippen LogP contribution in [0.15, 0.2) is 23.1 Å². The molecule has 0 N–H and O–H groups in total. The van der Waals surface area contributed by atoms with Crippen LogP contribution >= 0.6 is 10.7 Å². The van der Waals surface area contributed by atoms with E-state index >= 15 is 0 Å². The van der Waals surface area contributed by atoms with E-state index in [2.05, 4.69) is 0 Å². The second-order valence-electron chi connectivity index (χ2n) is 5.15. The number of benzene rings is 1. The number of hydrogen-bond donors (Lipinski definition) is 0. The van der Waals surface area contributed by atoms with E-state index in [0.717, 1.165) is 19.3 Å². The van der Waals surface area contributed by atoms with Crippen LogP contribution in [-0.2, 0) is 9.05 Å². The Kier molecular flexibility index (Phi) is 4.39. The zero-order valence-corrected chi connectivity index (χ0v) is 13.2. The Morgan fingerprint density at radius 2 is 2.05 bits per heavy atom. The summed E-state index contributed by atoms with van der Waals surface area (Å²) in [6.07, 6.45) is 2.94. The van der Waals surface area contributed by atoms with Gasteiger partial charge < -0.3 is 4.90 Å². The van der Waals surface area contributed by atoms with Crippen LogP contribution < -0.4 is 0 Å². The average Bonchev–Trinajstić information content (AvgIpc) is 3.18. The molecule has 0 aliphatic heterocycles. The molecule has 1 fully saturated rings. The lowest BCUT2D eigenvalue weighted by atomic mass is 10.1. The van der Waals surface area contributed by atoms with Gasteiger partial charge >= 0.3 is 0 Å². The molecule has 0 spiro atoms. The second kappa shape index (κ2) is 5.74. The molecule has 0 aromatic heterocycles. The molecule has 1 aromatic carbocycles. The van der Waals surface area contributed by atoms with Crippen LogP contribution in [0.3, 0.4) is 0 Å². The van der Waals surface area contributed by atoms with Crippen molar-refractivity contribution >= 4 is 25.6 Å². The number of hydrogen-bond acceptors (Lipinski definition) is 3. The number of halogens is 1. The Balaban J connectivity index is 2.35. The minimum absolute atomic E-state index is 0.0114. The molecule has 6 heteroatoms. The quantitative estimate of drug-likeness (QED) is 0.785. The minimum atomic E-state index is -3.83. The van der Waals surface area contributed by atoms with Gasteiger partial charge in [-0.2, -0.15) is 0 Å². The molecule has 0 radical (unpaired) electrons. The van der Waals surface area contributed by atoms with Gasteiger partial charge in [0.2, 0.25) is 0 Å². The van der Waals surface area contributed by atoms with Crippen LogP contribution in [0.2, 0.25) is 0 Å². The van der Waals surface area contributed by atoms with Crippen molar-refractivity contribution in [3.63, 3.8) is 0 Å². The van der Waals surface area contributed by atoms with E-state index in [4.69, 9.17) is 10.7 Å². The first-order valence-electron chi connectivity index (χ1n) is 6.71. The highest BCUT2D eigenvalue weighted by Crippen LogP contribution is 2.29. The molecule has 20 heavy (non-hydrogen) atoms. The Hall–Kier alpha value is -1.07. The Morgan fingerprint density at radius 1 is 1.40 bits per heavy atom. The van der Waals surface area contributed by atoms with Gasteiger partial charge in [0.15, 0.2) is 0 Å². The number of nitrogens with zero attached hydrogens (tertiary/aromatic N) is 1. The van der Waals surface area contributed by atoms with Crippen LogP contribution in [0, 0.1) is 6.92 Å². The Morgan fingerprint density at radius 3 is 2.55 bits per heavy atom. The first-order chi connectivity index (χ1) is 9.34. The molecular weight excluding hydrogens is 298 g/mol. The summed E-state index contributed by atoms with van der Waals surface area (Å²) < 4.78 is 23.0. The van der Waals surface area contributed by atoms with Crippen molar-refractivity contribution in [2.24, 2.45) is 0 Å². The molecule has 0 heterocycles. The summed E-state index contributed by atoms with van der Waals surface area (Å²) in [5.74, 6) is -0.115. The van der Waals surface area contributed by atoms with Crippen LogP contribution in [-0.4, -0.2) is 31.8 Å². The lowest BCUT2D eigenvalue weighted by Gasteiger charge is -2.22. The zero-order chi connectivity index (χ0) is 14.9. The van der Waals surface area contributed by atoms with E-state index in [-0.39, 0.29) is 10.8 Å². The maximum absolute atomic E-state index is 12.5. The second-order valence-corrected chi connectivity index (χ2v) is 7.68. The summed E-state index contributed by atoms with van der Waals surface area (Å²) in [7, 11) is 1.57. The highest BCUT2D eigenvalue weighted by molar-refractivity contribution is 8.13. The van der Waals surface area contributed by atoms with E-state index in [1.54, 1.807) is 19.1 Å². The molecule has 1 saturated carbocycles. The summed E-state index contributed by atoms with van der Waals surface area (Å²) in [5.41, 5.74) is 0.931. The smallest absolute Gasteiger partial charge is 0.261 e. The van der Waals surface area contributed by atoms with Crippen molar-refractivity contribution in [3.8, 4) is 0 Å². The van der Waals surface area contributed by atoms with Gasteiger partial charge in [0.25, 0.3) is 15.0 Å². The lowest BCUT2D eigenvalue weighted by Crippen LogP contribution is -2.33. The van der Waals surface area contributed by atoms with Crippen LogP contribution in [0.1, 0.15) is 42.1 Å². The zero-order valence-electron chi connectivity index (χ0n) is 11.6. The van der Waals surface area contributed by atoms with Crippen LogP contribution in [0.25, 0.3) is 0 Å². The topological polar surface area (TPSA) is 54.5 Å². The summed E-state index contributed by atoms with van der Waals surface area (Å²) in [6.45, 7) is 4.38. The van der Waals surface area contributed by atoms with E-state index in [0.29, 0.717) is 23.7 Å². The summed E-state index contributed by atoms with van der Waals surface area (Å²) in [4.78, 5) is 14.3. The summed E-state index contributed by atoms with van der Waals surface area (Å²) >= 11 is 0. The number of carbonyl (C=O) groups excluding carboxylic acids is 1. The maximum Gasteiger partial charge on any atom is 0.261 e. The monoisotopic (exact) mass is 315 g/mol. The molecule has 110 valence electrons. The van der Waals surface area contributed by atoms with Crippen molar-refractivity contribution in [1.82, 2.24) is 4.90 Å². The average molecular weight is 316 g/mol. The first kappa shape index (κ1) is 15.3. The summed E-state index contributed by atoms with van der Waals surface area (Å²) in [6, 6.07) is 4.97. The van der Waals surface area contributed by atoms with Crippen molar-refractivity contribution in [2.45, 2.75) is 44.0 Å². The predicted molar refractivity (Wildman–Crippen MR) is 78.6 cm³/mol. The molecule has 2 rings (SSSR count). The predicted octanol–water partition coefficient (Wildman–Crippen LogP) is 2.94. The molecule has 1 amide bonds. The first-order valence-corrected chi connectivity index (χ1v) is 9.01. The van der Waals surface area contributed by atoms with Crippen LogP contribution in [0.4, 0.5) is 0 Å². The Labute approximate surface area is 124 Å². The van der Waals surface area contributed by atoms with Gasteiger partial charge in [-0.25, -0.2) is 8.42 Å². The van der Waals surface area contributed by atoms with Crippen molar-refractivity contribution in [3.05, 3.63) is 29.3 Å². The standard InChI is InChI=1S/C14H18ClNO3S/c1-3-8-16(12-6-7-12)14(17)11-5-4-10(2)13(9-11)20(15,18)19/h4-5,9,12H,3,6-8H2,1-2H3. The van der Waals surface area contributed by atoms with Gasteiger partial charge in [0.05, 0.1) is 4.90 Å². The third kappa shape index (κ3) is 3.33. The number of rotatable bonds is 5. The van der Waals surface area contributed by atoms with Gasteiger partial charge in [-0.1, -0.05) is 13.0 Å². The number of aryl methyl sites for hydroxylation is 1. The van der Waals surface area contributed by atoms with Crippen molar-refractivity contribution in [1.29, 1.82) is 0 Å². The Bertz CT molecular complexity index is 623. The largest absolute Gasteiger partial charge is 0.336 e. The molecule has 1 aliphatic rings. The molecule has 1 aromatic rings. The van der Waals surface area contributed by atoms with E-state index in [1.165, 1.54) is 6.07 Å². The molecule has 0 unspecified atom stereocenters. The van der Waals surface area contributed by atoms with Gasteiger partial charge in [0.1, 0.15) is 0 Å². The summed E-state index contributed by atoms with van der Waals surface area (Å²) in [5, 5.41) is 0. The van der Waals surface area contributed by atoms with Gasteiger partial charge in [-0.15, -0.1) is 0 Å². The third-order valence-electron chi connectivity index (χ3n) is 3.41. The lowest BCUT2D eigenvalue weighted by molar-refractivity contribution is 0.0743. The molecule has 0 bridgehead atoms. The van der Waals surface area contributed by atoms with Gasteiger partial charge in [-0.05, 0) is 43.9 Å². The van der Waals surface area contributed by atoms with Gasteiger partial charge in [-0.3, -0.25) is 4.79 Å². The van der Waals surface area contributed by atoms with Crippen molar-refractivity contribution < 1.29 is 13.2 Å². The molecule has 0 saturated heterocycles. The molecule has 4 nitrogen and oxygen atoms in total. The van der Waals surface area contributed by atoms with Crippen LogP contribution in [0.5, 0.6) is 0 Å². The SMILES string of the molecule is CCCN(C(=O)c1ccc(C)c(S(=O)(=O)Cl)c1)C1CC1. The van der Waals surface area contributed by atoms with Gasteiger partial charge in [0, 0.05) is 28.8 Å². The van der Waals surface area contributed by atoms with E-state index in [1.807, 2.05) is 11.8 Å². The molecule has 1 aliphatic carbocycles. The normalized spacial score (nSPS) is 15.2. The fourth-order valence-electron chi connectivity index (χ4n) is 2.24. The third-order valence-corrected chi connectivity index (χ3v) is 4.87. The van der Waals surface area contributed by atoms with E-state index in [9.17, 15) is 13.2 Å². The number of amides is 1. The molecule has 0 atom stereocenters. The highest BCUT2D eigenvalue weighted by atomic mass is 35.7. The minimum Gasteiger partial charge on any atom is -0.336 e. The maximum atomic E-state index is 12.5. The van der Waals surface area contributed by atoms with Crippen molar-refractivity contribution in [2.75, 3.05) is 6.54 Å². The van der Waals surface area contributed by atoms with E-state index < -0.39 is 9.05 Å².